The number of carbonyl (C=O) groups is 2. The molecule has 0 spiro atoms. The SMILES string of the molecule is C[C@@H]1O[C@@H](O[C@H]2[C@H](O[C@H]3[C@H](O[C@H]4CC[C@@]5(C)C(CC[C@]6(C)[C@@H]5CC=C5[C@@H]7CC(C)(C)CC[C@]7(C(=O)O[C@@H]7O[C@H](CO)[C@@H](O)[C@H](O)[C@H]7O)CC[C@]56C)C4(C)C)O[C@H](C(=O)O)[C@@H](O)[C@@H]3O)O[C@H](CO)[C@H](O)[C@@H]2O)[C@H](O)[C@H](O)[C@H]1O. The highest BCUT2D eigenvalue weighted by Crippen LogP contribution is 2.76. The van der Waals surface area contributed by atoms with Crippen LogP contribution in [0.25, 0.3) is 0 Å². The molecule has 23 nitrogen and oxygen atoms in total. The topological polar surface area (TPSA) is 371 Å². The van der Waals surface area contributed by atoms with Crippen molar-refractivity contribution in [1.29, 1.82) is 0 Å². The van der Waals surface area contributed by atoms with Crippen LogP contribution >= 0.6 is 0 Å². The normalized spacial score (nSPS) is 53.4. The summed E-state index contributed by atoms with van der Waals surface area (Å²) in [7, 11) is 0. The number of esters is 1. The van der Waals surface area contributed by atoms with E-state index in [9.17, 15) is 76.0 Å². The highest BCUT2D eigenvalue weighted by Gasteiger charge is 2.70. The molecule has 4 saturated heterocycles. The molecule has 8 fully saturated rings. The Bertz CT molecular complexity index is 2180. The van der Waals surface area contributed by atoms with Crippen molar-refractivity contribution in [2.24, 2.45) is 50.2 Å². The number of rotatable bonds is 11. The summed E-state index contributed by atoms with van der Waals surface area (Å²) in [5.41, 5.74) is -1.37. The highest BCUT2D eigenvalue weighted by atomic mass is 16.8. The third-order valence-electron chi connectivity index (χ3n) is 21.4. The molecule has 9 rings (SSSR count). The van der Waals surface area contributed by atoms with Crippen LogP contribution in [0.1, 0.15) is 120 Å². The molecule has 4 heterocycles. The fourth-order valence-corrected chi connectivity index (χ4v) is 16.4. The van der Waals surface area contributed by atoms with E-state index >= 15 is 0 Å². The number of carboxylic acids is 1. The second kappa shape index (κ2) is 21.3. The van der Waals surface area contributed by atoms with Crippen LogP contribution in [0.3, 0.4) is 0 Å². The van der Waals surface area contributed by atoms with E-state index < -0.39 is 165 Å². The maximum Gasteiger partial charge on any atom is 0.335 e. The largest absolute Gasteiger partial charge is 0.479 e. The Labute approximate surface area is 448 Å². The van der Waals surface area contributed by atoms with Crippen LogP contribution in [-0.2, 0) is 47.5 Å². The van der Waals surface area contributed by atoms with Crippen molar-refractivity contribution in [3.05, 3.63) is 11.6 Å². The van der Waals surface area contributed by atoms with Crippen molar-refractivity contribution in [3.63, 3.8) is 0 Å². The standard InChI is InChI=1S/C54H86O23/c1-22-30(57)33(60)38(65)44(70-22)75-41-35(62)32(59)26(21-56)72-46(41)76-42-37(64)36(63)40(43(67)68)74-47(42)73-29-12-13-51(6)27(50(29,4)5)11-14-53(8)28(51)10-9-23-24-19-49(2,3)15-17-54(24,18-16-52(23,53)7)48(69)77-45-39(66)34(61)31(58)25(20-55)71-45/h9,22,24-42,44-47,55-66H,10-21H2,1-8H3,(H,67,68)/t22-,24-,25+,26+,27?,28+,29-,30-,31+,32-,33+,34-,35-,36-,37-,38+,39+,40-,41+,42+,44-,45-,46-,47+,51-,52+,53+,54-/m0/s1. The molecule has 13 N–H and O–H groups in total. The van der Waals surface area contributed by atoms with E-state index in [0.717, 1.165) is 25.7 Å². The minimum absolute atomic E-state index is 0.0171. The monoisotopic (exact) mass is 1100 g/mol. The minimum atomic E-state index is -2.08. The summed E-state index contributed by atoms with van der Waals surface area (Å²) in [6.45, 7) is 15.6. The van der Waals surface area contributed by atoms with Gasteiger partial charge in [-0.05, 0) is 116 Å². The maximum absolute atomic E-state index is 14.8. The van der Waals surface area contributed by atoms with Crippen LogP contribution in [0.2, 0.25) is 0 Å². The first-order valence-electron chi connectivity index (χ1n) is 27.7. The van der Waals surface area contributed by atoms with Gasteiger partial charge in [0.2, 0.25) is 6.29 Å². The summed E-state index contributed by atoms with van der Waals surface area (Å²) in [6.07, 6.45) is -25.9. The molecule has 1 unspecified atom stereocenters. The average Bonchev–Trinajstić information content (AvgIpc) is 3.55. The van der Waals surface area contributed by atoms with Gasteiger partial charge in [0, 0.05) is 0 Å². The van der Waals surface area contributed by atoms with Gasteiger partial charge in [-0.25, -0.2) is 4.79 Å². The lowest BCUT2D eigenvalue weighted by Crippen LogP contribution is -2.68. The molecule has 0 aromatic rings. The van der Waals surface area contributed by atoms with Gasteiger partial charge in [0.1, 0.15) is 85.5 Å². The van der Waals surface area contributed by atoms with Gasteiger partial charge < -0.3 is 104 Å². The maximum atomic E-state index is 14.8. The number of aliphatic hydroxyl groups is 12. The Morgan fingerprint density at radius 1 is 0.584 bits per heavy atom. The second-order valence-electron chi connectivity index (χ2n) is 26.3. The van der Waals surface area contributed by atoms with Crippen LogP contribution in [0.15, 0.2) is 11.6 Å². The number of carboxylic acid groups (broad SMARTS) is 1. The van der Waals surface area contributed by atoms with Gasteiger partial charge in [-0.15, -0.1) is 0 Å². The number of aliphatic carboxylic acids is 1. The molecule has 4 aliphatic heterocycles. The number of ether oxygens (including phenoxy) is 8. The number of hydrogen-bond acceptors (Lipinski definition) is 22. The summed E-state index contributed by atoms with van der Waals surface area (Å²) in [5, 5.41) is 139. The Kier molecular flexibility index (Phi) is 16.5. The second-order valence-corrected chi connectivity index (χ2v) is 26.3. The molecular weight excluding hydrogens is 1020 g/mol. The first-order chi connectivity index (χ1) is 35.9. The van der Waals surface area contributed by atoms with Crippen molar-refractivity contribution in [3.8, 4) is 0 Å². The molecule has 28 atom stereocenters. The molecule has 0 aromatic heterocycles. The van der Waals surface area contributed by atoms with Gasteiger partial charge in [-0.3, -0.25) is 4.79 Å². The van der Waals surface area contributed by atoms with Crippen molar-refractivity contribution in [1.82, 2.24) is 0 Å². The van der Waals surface area contributed by atoms with E-state index in [4.69, 9.17) is 37.9 Å². The van der Waals surface area contributed by atoms with Gasteiger partial charge in [-0.2, -0.15) is 0 Å². The van der Waals surface area contributed by atoms with E-state index in [0.29, 0.717) is 38.5 Å². The first-order valence-corrected chi connectivity index (χ1v) is 27.7. The summed E-state index contributed by atoms with van der Waals surface area (Å²) in [4.78, 5) is 27.3. The van der Waals surface area contributed by atoms with Gasteiger partial charge in [0.15, 0.2) is 25.0 Å². The lowest BCUT2D eigenvalue weighted by atomic mass is 9.33. The van der Waals surface area contributed by atoms with E-state index in [-0.39, 0.29) is 39.4 Å². The van der Waals surface area contributed by atoms with E-state index in [2.05, 4.69) is 54.5 Å². The minimum Gasteiger partial charge on any atom is -0.479 e. The van der Waals surface area contributed by atoms with Gasteiger partial charge >= 0.3 is 11.9 Å². The van der Waals surface area contributed by atoms with Gasteiger partial charge in [0.25, 0.3) is 0 Å². The molecule has 0 bridgehead atoms. The fraction of sp³-hybridized carbons (Fsp3) is 0.926. The van der Waals surface area contributed by atoms with Crippen molar-refractivity contribution in [2.75, 3.05) is 13.2 Å². The van der Waals surface area contributed by atoms with Crippen LogP contribution < -0.4 is 0 Å². The Balaban J connectivity index is 0.972. The predicted molar refractivity (Wildman–Crippen MR) is 262 cm³/mol. The fourth-order valence-electron chi connectivity index (χ4n) is 16.4. The smallest absolute Gasteiger partial charge is 0.335 e. The van der Waals surface area contributed by atoms with Gasteiger partial charge in [0.05, 0.1) is 30.8 Å². The summed E-state index contributed by atoms with van der Waals surface area (Å²) in [6, 6.07) is 0. The summed E-state index contributed by atoms with van der Waals surface area (Å²) in [5.74, 6) is -2.16. The average molecular weight is 1100 g/mol. The number of allylic oxidation sites excluding steroid dienone is 2. The number of aliphatic hydroxyl groups excluding tert-OH is 12. The zero-order valence-corrected chi connectivity index (χ0v) is 45.3. The predicted octanol–water partition coefficient (Wildman–Crippen LogP) is -0.915. The van der Waals surface area contributed by atoms with Crippen LogP contribution in [0.4, 0.5) is 0 Å². The summed E-state index contributed by atoms with van der Waals surface area (Å²) < 4.78 is 48.1. The van der Waals surface area contributed by atoms with Crippen LogP contribution in [0.5, 0.6) is 0 Å². The number of hydrogen-bond donors (Lipinski definition) is 13. The Hall–Kier alpha value is -2.08. The molecule has 0 radical (unpaired) electrons. The Morgan fingerprint density at radius 3 is 1.78 bits per heavy atom. The Morgan fingerprint density at radius 2 is 1.14 bits per heavy atom. The lowest BCUT2D eigenvalue weighted by Gasteiger charge is -2.71. The van der Waals surface area contributed by atoms with E-state index in [1.54, 1.807) is 0 Å². The van der Waals surface area contributed by atoms with Crippen LogP contribution in [0, 0.1) is 50.2 Å². The molecule has 4 saturated carbocycles. The van der Waals surface area contributed by atoms with E-state index in [1.807, 2.05) is 0 Å². The van der Waals surface area contributed by atoms with Crippen molar-refractivity contribution in [2.45, 2.75) is 249 Å². The quantitative estimate of drug-likeness (QED) is 0.0676. The number of carbonyl (C=O) groups excluding carboxylic acids is 1. The highest BCUT2D eigenvalue weighted by molar-refractivity contribution is 5.79. The molecule has 77 heavy (non-hydrogen) atoms. The third kappa shape index (κ3) is 9.66. The lowest BCUT2D eigenvalue weighted by molar-refractivity contribution is -0.395. The molecule has 23 heteroatoms. The van der Waals surface area contributed by atoms with Crippen LogP contribution in [-0.4, -0.2) is 220 Å². The third-order valence-corrected chi connectivity index (χ3v) is 21.4. The molecule has 0 aromatic carbocycles. The zero-order chi connectivity index (χ0) is 56.4. The first kappa shape index (κ1) is 59.5. The summed E-state index contributed by atoms with van der Waals surface area (Å²) >= 11 is 0. The molecule has 0 amide bonds. The number of fused-ring (bicyclic) bond motifs is 7. The molecule has 9 aliphatic rings. The van der Waals surface area contributed by atoms with Gasteiger partial charge in [-0.1, -0.05) is 60.1 Å². The zero-order valence-electron chi connectivity index (χ0n) is 45.3. The molecule has 5 aliphatic carbocycles. The van der Waals surface area contributed by atoms with E-state index in [1.165, 1.54) is 12.5 Å². The van der Waals surface area contributed by atoms with Crippen molar-refractivity contribution < 1.29 is 114 Å². The van der Waals surface area contributed by atoms with Crippen molar-refractivity contribution >= 4 is 11.9 Å². The molecular formula is C54H86O23. The molecule has 440 valence electrons.